The minimum Gasteiger partial charge on any atom is -0.380 e. The molecule has 4 nitrogen and oxygen atoms in total. The third-order valence-corrected chi connectivity index (χ3v) is 2.34. The van der Waals surface area contributed by atoms with Crippen LogP contribution in [0.25, 0.3) is 11.3 Å². The van der Waals surface area contributed by atoms with Crippen LogP contribution in [0.3, 0.4) is 0 Å². The second-order valence-electron chi connectivity index (χ2n) is 3.50. The van der Waals surface area contributed by atoms with E-state index in [1.54, 1.807) is 13.3 Å². The molecule has 1 aromatic heterocycles. The zero-order valence-electron chi connectivity index (χ0n) is 9.42. The van der Waals surface area contributed by atoms with Crippen molar-refractivity contribution in [2.45, 2.75) is 6.61 Å². The molecule has 84 valence electrons. The average Bonchev–Trinajstić information content (AvgIpc) is 2.40. The number of nitrogens with zero attached hydrogens (tertiary/aromatic N) is 3. The van der Waals surface area contributed by atoms with Gasteiger partial charge in [-0.25, -0.2) is 4.98 Å². The van der Waals surface area contributed by atoms with Crippen molar-refractivity contribution in [2.24, 2.45) is 0 Å². The Kier molecular flexibility index (Phi) is 3.43. The lowest BCUT2D eigenvalue weighted by atomic mass is 10.1. The van der Waals surface area contributed by atoms with Crippen LogP contribution >= 0.6 is 0 Å². The van der Waals surface area contributed by atoms with Gasteiger partial charge in [0.2, 0.25) is 0 Å². The van der Waals surface area contributed by atoms with Gasteiger partial charge in [0, 0.05) is 25.1 Å². The van der Waals surface area contributed by atoms with Crippen LogP contribution in [-0.4, -0.2) is 17.1 Å². The monoisotopic (exact) mass is 225 g/mol. The molecular formula is C13H11N3O. The lowest BCUT2D eigenvalue weighted by molar-refractivity contribution is 0.185. The van der Waals surface area contributed by atoms with E-state index in [0.29, 0.717) is 18.0 Å². The Morgan fingerprint density at radius 1 is 1.18 bits per heavy atom. The van der Waals surface area contributed by atoms with Gasteiger partial charge in [-0.3, -0.25) is 4.98 Å². The van der Waals surface area contributed by atoms with Gasteiger partial charge in [-0.1, -0.05) is 24.3 Å². The maximum absolute atomic E-state index is 8.95. The van der Waals surface area contributed by atoms with Crippen molar-refractivity contribution >= 4 is 0 Å². The summed E-state index contributed by atoms with van der Waals surface area (Å²) in [7, 11) is 1.66. The molecule has 0 aliphatic rings. The maximum Gasteiger partial charge on any atom is 0.166 e. The van der Waals surface area contributed by atoms with Gasteiger partial charge in [0.1, 0.15) is 11.8 Å². The van der Waals surface area contributed by atoms with Crippen molar-refractivity contribution in [1.82, 2.24) is 9.97 Å². The van der Waals surface area contributed by atoms with E-state index in [4.69, 9.17) is 10.00 Å². The Morgan fingerprint density at radius 2 is 1.88 bits per heavy atom. The molecular weight excluding hydrogens is 214 g/mol. The number of methoxy groups -OCH3 is 1. The minimum atomic E-state index is 0.340. The second kappa shape index (κ2) is 5.19. The predicted molar refractivity (Wildman–Crippen MR) is 62.9 cm³/mol. The first-order valence-corrected chi connectivity index (χ1v) is 5.14. The fourth-order valence-corrected chi connectivity index (χ4v) is 1.56. The van der Waals surface area contributed by atoms with Crippen molar-refractivity contribution in [3.05, 3.63) is 47.9 Å². The Labute approximate surface area is 99.5 Å². The second-order valence-corrected chi connectivity index (χ2v) is 3.50. The molecule has 1 heterocycles. The highest BCUT2D eigenvalue weighted by Gasteiger charge is 2.06. The summed E-state index contributed by atoms with van der Waals surface area (Å²) in [6.45, 7) is 0.575. The number of rotatable bonds is 3. The molecule has 0 aliphatic carbocycles. The largest absolute Gasteiger partial charge is 0.380 e. The van der Waals surface area contributed by atoms with Crippen LogP contribution in [0.2, 0.25) is 0 Å². The highest BCUT2D eigenvalue weighted by atomic mass is 16.5. The molecule has 2 aromatic rings. The van der Waals surface area contributed by atoms with E-state index in [-0.39, 0.29) is 0 Å². The Morgan fingerprint density at radius 3 is 2.53 bits per heavy atom. The van der Waals surface area contributed by atoms with Gasteiger partial charge in [0.05, 0.1) is 6.61 Å². The fourth-order valence-electron chi connectivity index (χ4n) is 1.56. The molecule has 0 unspecified atom stereocenters. The van der Waals surface area contributed by atoms with Gasteiger partial charge in [-0.2, -0.15) is 5.26 Å². The maximum atomic E-state index is 8.95. The summed E-state index contributed by atoms with van der Waals surface area (Å²) in [6.07, 6.45) is 3.10. The Hall–Kier alpha value is -2.25. The summed E-state index contributed by atoms with van der Waals surface area (Å²) < 4.78 is 5.04. The molecule has 0 spiro atoms. The molecule has 0 radical (unpaired) electrons. The van der Waals surface area contributed by atoms with Gasteiger partial charge in [0.25, 0.3) is 0 Å². The van der Waals surface area contributed by atoms with Crippen LogP contribution in [0.15, 0.2) is 36.7 Å². The third kappa shape index (κ3) is 2.47. The summed E-state index contributed by atoms with van der Waals surface area (Å²) in [5.41, 5.74) is 2.92. The van der Waals surface area contributed by atoms with Crippen molar-refractivity contribution in [3.63, 3.8) is 0 Å². The Balaban J connectivity index is 2.37. The topological polar surface area (TPSA) is 58.8 Å². The molecule has 4 heteroatoms. The highest BCUT2D eigenvalue weighted by molar-refractivity contribution is 5.64. The molecule has 0 bridgehead atoms. The molecule has 2 rings (SSSR count). The zero-order valence-corrected chi connectivity index (χ0v) is 9.42. The number of nitriles is 1. The van der Waals surface area contributed by atoms with E-state index < -0.39 is 0 Å². The Bertz CT molecular complexity index is 543. The quantitative estimate of drug-likeness (QED) is 0.803. The molecule has 0 N–H and O–H groups in total. The van der Waals surface area contributed by atoms with Crippen LogP contribution in [0.4, 0.5) is 0 Å². The van der Waals surface area contributed by atoms with E-state index >= 15 is 0 Å². The van der Waals surface area contributed by atoms with Crippen molar-refractivity contribution < 1.29 is 4.74 Å². The van der Waals surface area contributed by atoms with Gasteiger partial charge in [0.15, 0.2) is 5.69 Å². The molecule has 0 saturated heterocycles. The molecule has 17 heavy (non-hydrogen) atoms. The van der Waals surface area contributed by atoms with Crippen LogP contribution in [0, 0.1) is 11.3 Å². The summed E-state index contributed by atoms with van der Waals surface area (Å²) in [6, 6.07) is 9.77. The molecule has 0 saturated carbocycles. The summed E-state index contributed by atoms with van der Waals surface area (Å²) in [5.74, 6) is 0. The van der Waals surface area contributed by atoms with Crippen molar-refractivity contribution in [3.8, 4) is 17.3 Å². The van der Waals surface area contributed by atoms with E-state index in [9.17, 15) is 0 Å². The summed E-state index contributed by atoms with van der Waals surface area (Å²) in [5, 5.41) is 8.95. The van der Waals surface area contributed by atoms with E-state index in [1.165, 1.54) is 6.20 Å². The number of aromatic nitrogens is 2. The smallest absolute Gasteiger partial charge is 0.166 e. The first-order chi connectivity index (χ1) is 8.35. The zero-order chi connectivity index (χ0) is 12.1. The van der Waals surface area contributed by atoms with Crippen molar-refractivity contribution in [2.75, 3.05) is 7.11 Å². The van der Waals surface area contributed by atoms with Gasteiger partial charge >= 0.3 is 0 Å². The summed E-state index contributed by atoms with van der Waals surface area (Å²) in [4.78, 5) is 8.16. The molecule has 1 aromatic carbocycles. The average molecular weight is 225 g/mol. The highest BCUT2D eigenvalue weighted by Crippen LogP contribution is 2.19. The van der Waals surface area contributed by atoms with Crippen molar-refractivity contribution in [1.29, 1.82) is 5.26 Å². The fraction of sp³-hybridized carbons (Fsp3) is 0.154. The van der Waals surface area contributed by atoms with Gasteiger partial charge in [-0.05, 0) is 5.56 Å². The first-order valence-electron chi connectivity index (χ1n) is 5.14. The minimum absolute atomic E-state index is 0.340. The van der Waals surface area contributed by atoms with Gasteiger partial charge in [-0.15, -0.1) is 0 Å². The SMILES string of the molecule is COCc1ccc(-c2nccnc2C#N)cc1. The van der Waals surface area contributed by atoms with Crippen LogP contribution in [0.5, 0.6) is 0 Å². The lowest BCUT2D eigenvalue weighted by Crippen LogP contribution is -1.93. The molecule has 0 atom stereocenters. The molecule has 0 amide bonds. The number of hydrogen-bond donors (Lipinski definition) is 0. The lowest BCUT2D eigenvalue weighted by Gasteiger charge is -2.03. The predicted octanol–water partition coefficient (Wildman–Crippen LogP) is 2.16. The van der Waals surface area contributed by atoms with E-state index in [2.05, 4.69) is 9.97 Å². The number of hydrogen-bond acceptors (Lipinski definition) is 4. The third-order valence-electron chi connectivity index (χ3n) is 2.34. The van der Waals surface area contributed by atoms with Crippen LogP contribution in [0.1, 0.15) is 11.3 Å². The number of benzene rings is 1. The molecule has 0 aliphatic heterocycles. The van der Waals surface area contributed by atoms with Crippen LogP contribution < -0.4 is 0 Å². The van der Waals surface area contributed by atoms with E-state index in [1.807, 2.05) is 30.3 Å². The number of ether oxygens (including phenoxy) is 1. The van der Waals surface area contributed by atoms with Gasteiger partial charge < -0.3 is 4.74 Å². The first kappa shape index (κ1) is 11.2. The normalized spacial score (nSPS) is 9.88. The van der Waals surface area contributed by atoms with E-state index in [0.717, 1.165) is 11.1 Å². The summed E-state index contributed by atoms with van der Waals surface area (Å²) >= 11 is 0. The van der Waals surface area contributed by atoms with Crippen LogP contribution in [-0.2, 0) is 11.3 Å². The molecule has 0 fully saturated rings. The standard InChI is InChI=1S/C13H11N3O/c1-17-9-10-2-4-11(5-3-10)13-12(8-14)15-6-7-16-13/h2-7H,9H2,1H3.